The summed E-state index contributed by atoms with van der Waals surface area (Å²) >= 11 is 1.00. The molecule has 98 valence electrons. The molecule has 8 heteroatoms. The minimum Gasteiger partial charge on any atom is -0.394 e. The van der Waals surface area contributed by atoms with Gasteiger partial charge in [-0.3, -0.25) is 0 Å². The average Bonchev–Trinajstić information content (AvgIpc) is 2.67. The highest BCUT2D eigenvalue weighted by Crippen LogP contribution is 2.32. The number of nitrogen functional groups attached to an aromatic ring is 1. The molecule has 4 N–H and O–H groups in total. The highest BCUT2D eigenvalue weighted by molar-refractivity contribution is 7.91. The molecule has 0 aromatic carbocycles. The molecule has 0 saturated carbocycles. The second-order valence-corrected chi connectivity index (χ2v) is 6.55. The van der Waals surface area contributed by atoms with Crippen LogP contribution in [0.4, 0.5) is 10.8 Å². The van der Waals surface area contributed by atoms with Crippen molar-refractivity contribution in [1.82, 2.24) is 4.37 Å². The van der Waals surface area contributed by atoms with Crippen molar-refractivity contribution < 1.29 is 13.5 Å². The Labute approximate surface area is 105 Å². The summed E-state index contributed by atoms with van der Waals surface area (Å²) in [4.78, 5) is 0.0527. The molecule has 0 bridgehead atoms. The van der Waals surface area contributed by atoms with Crippen LogP contribution < -0.4 is 11.1 Å². The van der Waals surface area contributed by atoms with Crippen LogP contribution in [0.2, 0.25) is 0 Å². The lowest BCUT2D eigenvalue weighted by Gasteiger charge is -2.14. The number of nitrogens with one attached hydrogen (secondary N) is 1. The molecule has 0 spiro atoms. The van der Waals surface area contributed by atoms with Gasteiger partial charge in [0.2, 0.25) is 0 Å². The molecule has 0 radical (unpaired) electrons. The van der Waals surface area contributed by atoms with E-state index in [4.69, 9.17) is 10.8 Å². The second kappa shape index (κ2) is 5.65. The predicted molar refractivity (Wildman–Crippen MR) is 69.0 cm³/mol. The van der Waals surface area contributed by atoms with Crippen molar-refractivity contribution in [3.8, 4) is 0 Å². The molecule has 0 fully saturated rings. The number of hydrogen-bond donors (Lipinski definition) is 3. The van der Waals surface area contributed by atoms with E-state index < -0.39 is 9.84 Å². The lowest BCUT2D eigenvalue weighted by atomic mass is 10.2. The van der Waals surface area contributed by atoms with Gasteiger partial charge in [-0.2, -0.15) is 4.37 Å². The predicted octanol–water partition coefficient (Wildman–Crippen LogP) is 0.702. The van der Waals surface area contributed by atoms with Crippen LogP contribution in [-0.4, -0.2) is 36.3 Å². The SMILES string of the molecule is CCC(CO)Nc1snc(N)c1S(=O)(=O)CC. The summed E-state index contributed by atoms with van der Waals surface area (Å²) in [6.45, 7) is 3.38. The van der Waals surface area contributed by atoms with Gasteiger partial charge in [-0.25, -0.2) is 8.42 Å². The summed E-state index contributed by atoms with van der Waals surface area (Å²) in [7, 11) is -3.40. The molecule has 0 saturated heterocycles. The highest BCUT2D eigenvalue weighted by Gasteiger charge is 2.24. The Morgan fingerprint density at radius 1 is 1.53 bits per heavy atom. The zero-order valence-electron chi connectivity index (χ0n) is 9.80. The van der Waals surface area contributed by atoms with Crippen LogP contribution in [0.1, 0.15) is 20.3 Å². The van der Waals surface area contributed by atoms with Gasteiger partial charge in [-0.05, 0) is 18.0 Å². The minimum atomic E-state index is -3.40. The van der Waals surface area contributed by atoms with E-state index in [9.17, 15) is 8.42 Å². The summed E-state index contributed by atoms with van der Waals surface area (Å²) in [5.74, 6) is -0.00707. The van der Waals surface area contributed by atoms with Crippen LogP contribution in [-0.2, 0) is 9.84 Å². The van der Waals surface area contributed by atoms with Gasteiger partial charge in [0.15, 0.2) is 15.7 Å². The standard InChI is InChI=1S/C9H17N3O3S2/c1-3-6(5-13)11-9-7(8(10)12-16-9)17(14,15)4-2/h6,11,13H,3-5H2,1-2H3,(H2,10,12). The fourth-order valence-electron chi connectivity index (χ4n) is 1.29. The van der Waals surface area contributed by atoms with Crippen molar-refractivity contribution in [3.63, 3.8) is 0 Å². The monoisotopic (exact) mass is 279 g/mol. The number of anilines is 2. The van der Waals surface area contributed by atoms with Gasteiger partial charge in [0, 0.05) is 6.04 Å². The van der Waals surface area contributed by atoms with E-state index in [1.165, 1.54) is 0 Å². The Hall–Kier alpha value is -0.860. The van der Waals surface area contributed by atoms with E-state index in [1.807, 2.05) is 6.92 Å². The van der Waals surface area contributed by atoms with Crippen LogP contribution in [0, 0.1) is 0 Å². The fourth-order valence-corrected chi connectivity index (χ4v) is 3.53. The number of hydrogen-bond acceptors (Lipinski definition) is 7. The molecule has 1 rings (SSSR count). The van der Waals surface area contributed by atoms with Gasteiger partial charge >= 0.3 is 0 Å². The van der Waals surface area contributed by atoms with Gasteiger partial charge < -0.3 is 16.2 Å². The second-order valence-electron chi connectivity index (χ2n) is 3.56. The van der Waals surface area contributed by atoms with Gasteiger partial charge in [0.1, 0.15) is 9.90 Å². The largest absolute Gasteiger partial charge is 0.394 e. The Morgan fingerprint density at radius 3 is 2.65 bits per heavy atom. The Morgan fingerprint density at radius 2 is 2.18 bits per heavy atom. The topological polar surface area (TPSA) is 105 Å². The van der Waals surface area contributed by atoms with Crippen molar-refractivity contribution in [2.45, 2.75) is 31.2 Å². The van der Waals surface area contributed by atoms with E-state index in [0.29, 0.717) is 11.4 Å². The maximum absolute atomic E-state index is 11.8. The molecule has 0 amide bonds. The third-order valence-corrected chi connectivity index (χ3v) is 5.13. The normalized spacial score (nSPS) is 13.6. The van der Waals surface area contributed by atoms with Crippen molar-refractivity contribution >= 4 is 32.2 Å². The lowest BCUT2D eigenvalue weighted by Crippen LogP contribution is -2.23. The summed E-state index contributed by atoms with van der Waals surface area (Å²) < 4.78 is 27.5. The van der Waals surface area contributed by atoms with Crippen LogP contribution in [0.15, 0.2) is 4.90 Å². The average molecular weight is 279 g/mol. The Bertz CT molecular complexity index is 466. The molecule has 0 aliphatic rings. The maximum Gasteiger partial charge on any atom is 0.184 e. The maximum atomic E-state index is 11.8. The molecular weight excluding hydrogens is 262 g/mol. The lowest BCUT2D eigenvalue weighted by molar-refractivity contribution is 0.272. The molecule has 1 aromatic rings. The van der Waals surface area contributed by atoms with E-state index in [2.05, 4.69) is 9.69 Å². The fraction of sp³-hybridized carbons (Fsp3) is 0.667. The summed E-state index contributed by atoms with van der Waals surface area (Å²) in [6.07, 6.45) is 0.680. The molecular formula is C9H17N3O3S2. The van der Waals surface area contributed by atoms with Gasteiger partial charge in [0.05, 0.1) is 12.4 Å². The molecule has 1 heterocycles. The highest BCUT2D eigenvalue weighted by atomic mass is 32.2. The number of sulfone groups is 1. The van der Waals surface area contributed by atoms with Crippen LogP contribution in [0.5, 0.6) is 0 Å². The van der Waals surface area contributed by atoms with Gasteiger partial charge in [0.25, 0.3) is 0 Å². The molecule has 1 atom stereocenters. The molecule has 1 aromatic heterocycles. The van der Waals surface area contributed by atoms with Crippen LogP contribution in [0.25, 0.3) is 0 Å². The molecule has 0 aliphatic heterocycles. The van der Waals surface area contributed by atoms with Crippen LogP contribution in [0.3, 0.4) is 0 Å². The van der Waals surface area contributed by atoms with E-state index in [1.54, 1.807) is 6.92 Å². The van der Waals surface area contributed by atoms with Crippen LogP contribution >= 0.6 is 11.5 Å². The van der Waals surface area contributed by atoms with Crippen molar-refractivity contribution in [2.24, 2.45) is 0 Å². The number of rotatable bonds is 6. The quantitative estimate of drug-likeness (QED) is 0.708. The summed E-state index contributed by atoms with van der Waals surface area (Å²) in [6, 6.07) is -0.194. The minimum absolute atomic E-state index is 0.0205. The third-order valence-electron chi connectivity index (χ3n) is 2.41. The molecule has 0 aliphatic carbocycles. The number of nitrogens with two attached hydrogens (primary N) is 1. The van der Waals surface area contributed by atoms with E-state index in [-0.39, 0.29) is 29.1 Å². The Kier molecular flexibility index (Phi) is 4.72. The number of aliphatic hydroxyl groups is 1. The first-order valence-electron chi connectivity index (χ1n) is 5.31. The first-order valence-corrected chi connectivity index (χ1v) is 7.74. The van der Waals surface area contributed by atoms with Crippen molar-refractivity contribution in [2.75, 3.05) is 23.4 Å². The van der Waals surface area contributed by atoms with Crippen molar-refractivity contribution in [3.05, 3.63) is 0 Å². The number of aromatic nitrogens is 1. The first-order chi connectivity index (χ1) is 7.96. The summed E-state index contributed by atoms with van der Waals surface area (Å²) in [5.41, 5.74) is 5.58. The first kappa shape index (κ1) is 14.2. The van der Waals surface area contributed by atoms with Gasteiger partial charge in [-0.1, -0.05) is 13.8 Å². The smallest absolute Gasteiger partial charge is 0.184 e. The van der Waals surface area contributed by atoms with Gasteiger partial charge in [-0.15, -0.1) is 0 Å². The third kappa shape index (κ3) is 3.08. The van der Waals surface area contributed by atoms with E-state index >= 15 is 0 Å². The molecule has 17 heavy (non-hydrogen) atoms. The number of nitrogens with zero attached hydrogens (tertiary/aromatic N) is 1. The zero-order chi connectivity index (χ0) is 13.1. The van der Waals surface area contributed by atoms with E-state index in [0.717, 1.165) is 11.5 Å². The zero-order valence-corrected chi connectivity index (χ0v) is 11.4. The van der Waals surface area contributed by atoms with Crippen molar-refractivity contribution in [1.29, 1.82) is 0 Å². The summed E-state index contributed by atoms with van der Waals surface area (Å²) in [5, 5.41) is 12.4. The Balaban J connectivity index is 3.11. The molecule has 6 nitrogen and oxygen atoms in total. The number of aliphatic hydroxyl groups excluding tert-OH is 1. The molecule has 1 unspecified atom stereocenters.